The molecule has 29 heavy (non-hydrogen) atoms. The lowest BCUT2D eigenvalue weighted by Crippen LogP contribution is -2.60. The third-order valence-electron chi connectivity index (χ3n) is 7.35. The number of likely N-dealkylation sites (tertiary alicyclic amines) is 1. The maximum atomic E-state index is 13.6. The SMILES string of the molecule is Cc1ccncc1C(=O)N1C[C@H](c2ccc3c(c2)OCO3)[C@H]2[C@@H]1C1CCN2CC1. The molecule has 6 nitrogen and oxygen atoms in total. The minimum atomic E-state index is 0.127. The topological polar surface area (TPSA) is 54.9 Å². The van der Waals surface area contributed by atoms with Crippen molar-refractivity contribution in [3.05, 3.63) is 53.3 Å². The summed E-state index contributed by atoms with van der Waals surface area (Å²) in [5.74, 6) is 2.64. The van der Waals surface area contributed by atoms with Crippen molar-refractivity contribution in [3.63, 3.8) is 0 Å². The van der Waals surface area contributed by atoms with Crippen LogP contribution >= 0.6 is 0 Å². The van der Waals surface area contributed by atoms with Crippen LogP contribution in [0, 0.1) is 12.8 Å². The lowest BCUT2D eigenvalue weighted by atomic mass is 9.75. The summed E-state index contributed by atoms with van der Waals surface area (Å²) in [4.78, 5) is 22.6. The standard InChI is InChI=1S/C23H25N3O3/c1-14-4-7-24-11-17(14)23(27)26-12-18(16-2-3-19-20(10-16)29-13-28-19)22-21(26)15-5-8-25(22)9-6-15/h2-4,7,10-11,15,18,21-22H,5-6,8-9,12-13H2,1H3/t18-,21+,22+/m1/s1. The van der Waals surface area contributed by atoms with Gasteiger partial charge in [0.1, 0.15) is 0 Å². The maximum Gasteiger partial charge on any atom is 0.256 e. The van der Waals surface area contributed by atoms with Gasteiger partial charge in [0.15, 0.2) is 11.5 Å². The number of pyridine rings is 1. The van der Waals surface area contributed by atoms with Gasteiger partial charge in [-0.15, -0.1) is 0 Å². The van der Waals surface area contributed by atoms with Crippen molar-refractivity contribution in [2.24, 2.45) is 5.92 Å². The van der Waals surface area contributed by atoms with E-state index < -0.39 is 0 Å². The first-order valence-corrected chi connectivity index (χ1v) is 10.6. The number of hydrogen-bond acceptors (Lipinski definition) is 5. The first-order valence-electron chi connectivity index (χ1n) is 10.6. The molecule has 7 rings (SSSR count). The van der Waals surface area contributed by atoms with Crippen LogP contribution in [-0.2, 0) is 0 Å². The minimum absolute atomic E-state index is 0.127. The van der Waals surface area contributed by atoms with Gasteiger partial charge in [-0.1, -0.05) is 6.07 Å². The Balaban J connectivity index is 1.39. The Morgan fingerprint density at radius 2 is 1.93 bits per heavy atom. The van der Waals surface area contributed by atoms with Crippen LogP contribution in [0.3, 0.4) is 0 Å². The molecular formula is C23H25N3O3. The monoisotopic (exact) mass is 391 g/mol. The lowest BCUT2D eigenvalue weighted by Gasteiger charge is -2.51. The van der Waals surface area contributed by atoms with Crippen molar-refractivity contribution in [2.45, 2.75) is 37.8 Å². The van der Waals surface area contributed by atoms with Gasteiger partial charge in [-0.05, 0) is 68.1 Å². The van der Waals surface area contributed by atoms with Crippen molar-refractivity contribution >= 4 is 5.91 Å². The number of rotatable bonds is 2. The minimum Gasteiger partial charge on any atom is -0.454 e. The third-order valence-corrected chi connectivity index (χ3v) is 7.35. The van der Waals surface area contributed by atoms with Crippen LogP contribution in [0.5, 0.6) is 11.5 Å². The Hall–Kier alpha value is -2.60. The summed E-state index contributed by atoms with van der Waals surface area (Å²) in [6, 6.07) is 8.87. The molecule has 1 aromatic heterocycles. The van der Waals surface area contributed by atoms with E-state index in [0.717, 1.165) is 42.3 Å². The molecule has 2 aromatic rings. The van der Waals surface area contributed by atoms with Crippen LogP contribution in [-0.4, -0.2) is 59.2 Å². The zero-order valence-corrected chi connectivity index (χ0v) is 16.6. The van der Waals surface area contributed by atoms with Gasteiger partial charge in [-0.25, -0.2) is 0 Å². The fraction of sp³-hybridized carbons (Fsp3) is 0.478. The number of fused-ring (bicyclic) bond motifs is 3. The summed E-state index contributed by atoms with van der Waals surface area (Å²) in [6.45, 7) is 5.31. The predicted molar refractivity (Wildman–Crippen MR) is 107 cm³/mol. The maximum absolute atomic E-state index is 13.6. The molecule has 0 aliphatic carbocycles. The molecule has 5 aliphatic heterocycles. The molecule has 6 heterocycles. The molecular weight excluding hydrogens is 366 g/mol. The number of nitrogens with zero attached hydrogens (tertiary/aromatic N) is 3. The van der Waals surface area contributed by atoms with Gasteiger partial charge in [-0.2, -0.15) is 0 Å². The molecule has 4 saturated heterocycles. The van der Waals surface area contributed by atoms with Crippen LogP contribution < -0.4 is 9.47 Å². The van der Waals surface area contributed by atoms with Crippen LogP contribution in [0.2, 0.25) is 0 Å². The smallest absolute Gasteiger partial charge is 0.256 e. The van der Waals surface area contributed by atoms with E-state index >= 15 is 0 Å². The Labute approximate surface area is 170 Å². The molecule has 0 radical (unpaired) electrons. The Morgan fingerprint density at radius 3 is 2.76 bits per heavy atom. The highest BCUT2D eigenvalue weighted by Crippen LogP contribution is 2.48. The lowest BCUT2D eigenvalue weighted by molar-refractivity contribution is -0.00345. The van der Waals surface area contributed by atoms with E-state index in [0.29, 0.717) is 17.9 Å². The number of piperidine rings is 3. The summed E-state index contributed by atoms with van der Waals surface area (Å²) >= 11 is 0. The number of aryl methyl sites for hydroxylation is 1. The first kappa shape index (κ1) is 17.3. The summed E-state index contributed by atoms with van der Waals surface area (Å²) in [5, 5.41) is 0. The highest BCUT2D eigenvalue weighted by atomic mass is 16.7. The molecule has 1 amide bonds. The number of carbonyl (C=O) groups is 1. The normalized spacial score (nSPS) is 31.8. The molecule has 5 aliphatic rings. The summed E-state index contributed by atoms with van der Waals surface area (Å²) in [5.41, 5.74) is 2.97. The second-order valence-electron chi connectivity index (χ2n) is 8.72. The zero-order chi connectivity index (χ0) is 19.5. The highest BCUT2D eigenvalue weighted by Gasteiger charge is 2.54. The van der Waals surface area contributed by atoms with Crippen LogP contribution in [0.25, 0.3) is 0 Å². The summed E-state index contributed by atoms with van der Waals surface area (Å²) in [7, 11) is 0. The molecule has 0 N–H and O–H groups in total. The molecule has 0 saturated carbocycles. The van der Waals surface area contributed by atoms with E-state index in [9.17, 15) is 4.79 Å². The molecule has 150 valence electrons. The quantitative estimate of drug-likeness (QED) is 0.788. The average Bonchev–Trinajstić information content (AvgIpc) is 3.40. The third kappa shape index (κ3) is 2.58. The van der Waals surface area contributed by atoms with E-state index in [1.165, 1.54) is 18.4 Å². The van der Waals surface area contributed by atoms with Crippen LogP contribution in [0.15, 0.2) is 36.7 Å². The number of hydrogen-bond donors (Lipinski definition) is 0. The van der Waals surface area contributed by atoms with E-state index in [-0.39, 0.29) is 18.7 Å². The average molecular weight is 391 g/mol. The van der Waals surface area contributed by atoms with Gasteiger partial charge in [0.2, 0.25) is 6.79 Å². The van der Waals surface area contributed by atoms with E-state index in [1.54, 1.807) is 12.4 Å². The molecule has 2 bridgehead atoms. The molecule has 1 aromatic carbocycles. The largest absolute Gasteiger partial charge is 0.454 e. The molecule has 0 unspecified atom stereocenters. The number of aromatic nitrogens is 1. The van der Waals surface area contributed by atoms with Gasteiger partial charge < -0.3 is 14.4 Å². The van der Waals surface area contributed by atoms with E-state index in [4.69, 9.17) is 9.47 Å². The van der Waals surface area contributed by atoms with Crippen LogP contribution in [0.1, 0.15) is 40.2 Å². The summed E-state index contributed by atoms with van der Waals surface area (Å²) < 4.78 is 11.1. The summed E-state index contributed by atoms with van der Waals surface area (Å²) in [6.07, 6.45) is 5.85. The van der Waals surface area contributed by atoms with Gasteiger partial charge in [0, 0.05) is 30.9 Å². The number of amides is 1. The first-order chi connectivity index (χ1) is 14.2. The molecule has 4 fully saturated rings. The Morgan fingerprint density at radius 1 is 1.10 bits per heavy atom. The molecule has 3 atom stereocenters. The van der Waals surface area contributed by atoms with Crippen molar-refractivity contribution < 1.29 is 14.3 Å². The molecule has 0 spiro atoms. The van der Waals surface area contributed by atoms with E-state index in [1.807, 2.05) is 19.1 Å². The second-order valence-corrected chi connectivity index (χ2v) is 8.72. The fourth-order valence-electron chi connectivity index (χ4n) is 5.93. The van der Waals surface area contributed by atoms with Crippen LogP contribution in [0.4, 0.5) is 0 Å². The fourth-order valence-corrected chi connectivity index (χ4v) is 5.93. The number of carbonyl (C=O) groups excluding carboxylic acids is 1. The Bertz CT molecular complexity index is 970. The Kier molecular flexibility index (Phi) is 3.85. The van der Waals surface area contributed by atoms with Gasteiger partial charge in [0.05, 0.1) is 11.6 Å². The van der Waals surface area contributed by atoms with Crippen molar-refractivity contribution in [1.82, 2.24) is 14.8 Å². The van der Waals surface area contributed by atoms with Crippen molar-refractivity contribution in [1.29, 1.82) is 0 Å². The highest BCUT2D eigenvalue weighted by molar-refractivity contribution is 5.96. The van der Waals surface area contributed by atoms with Crippen molar-refractivity contribution in [3.8, 4) is 11.5 Å². The second kappa shape index (κ2) is 6.46. The van der Waals surface area contributed by atoms with Gasteiger partial charge in [0.25, 0.3) is 5.91 Å². The number of ether oxygens (including phenoxy) is 2. The van der Waals surface area contributed by atoms with Crippen molar-refractivity contribution in [2.75, 3.05) is 26.4 Å². The predicted octanol–water partition coefficient (Wildman–Crippen LogP) is 2.82. The van der Waals surface area contributed by atoms with Gasteiger partial charge >= 0.3 is 0 Å². The zero-order valence-electron chi connectivity index (χ0n) is 16.6. The number of benzene rings is 1. The molecule has 6 heteroatoms. The van der Waals surface area contributed by atoms with Gasteiger partial charge in [-0.3, -0.25) is 14.7 Å². The van der Waals surface area contributed by atoms with E-state index in [2.05, 4.69) is 26.9 Å².